The van der Waals surface area contributed by atoms with Gasteiger partial charge in [-0.05, 0) is 6.42 Å². The Kier molecular flexibility index (Phi) is 13.2. The van der Waals surface area contributed by atoms with Crippen LogP contribution in [0.2, 0.25) is 0 Å². The van der Waals surface area contributed by atoms with E-state index in [2.05, 4.69) is 16.4 Å². The summed E-state index contributed by atoms with van der Waals surface area (Å²) >= 11 is 0. The predicted octanol–water partition coefficient (Wildman–Crippen LogP) is 0.300. The molecule has 10 heavy (non-hydrogen) atoms. The van der Waals surface area contributed by atoms with Gasteiger partial charge in [-0.15, -0.1) is 0 Å². The van der Waals surface area contributed by atoms with Gasteiger partial charge in [0.1, 0.15) is 0 Å². The second-order valence-electron chi connectivity index (χ2n) is 1.47. The number of unbranched alkanes of at least 4 members (excludes halogenated alkanes) is 1. The highest BCUT2D eigenvalue weighted by atomic mass is 16.7. The zero-order valence-corrected chi connectivity index (χ0v) is 6.04. The summed E-state index contributed by atoms with van der Waals surface area (Å²) in [5.41, 5.74) is 0. The van der Waals surface area contributed by atoms with Gasteiger partial charge in [0.05, 0.1) is 6.61 Å². The lowest BCUT2D eigenvalue weighted by Crippen LogP contribution is -2.02. The number of hydrogen-bond donors (Lipinski definition) is 3. The zero-order chi connectivity index (χ0) is 8.41. The third kappa shape index (κ3) is 15.7. The summed E-state index contributed by atoms with van der Waals surface area (Å²) in [4.78, 5) is 9.65. The standard InChI is InChI=1S/C5H10O3.H4N2/c1-2-3-4-8-5(6)7;1-2/h2-4H2,1H3,(H,6,7);1-2H2. The highest BCUT2D eigenvalue weighted by Crippen LogP contribution is 1.86. The number of hydrazine groups is 1. The second kappa shape index (κ2) is 11.0. The molecular formula is C5H14N2O3. The molecule has 0 unspecified atom stereocenters. The largest absolute Gasteiger partial charge is 0.505 e. The van der Waals surface area contributed by atoms with E-state index in [1.807, 2.05) is 6.92 Å². The Morgan fingerprint density at radius 2 is 2.10 bits per heavy atom. The molecule has 0 rings (SSSR count). The maximum Gasteiger partial charge on any atom is 0.505 e. The highest BCUT2D eigenvalue weighted by Gasteiger charge is 1.91. The summed E-state index contributed by atoms with van der Waals surface area (Å²) in [6, 6.07) is 0. The molecular weight excluding hydrogens is 136 g/mol. The number of nitrogens with two attached hydrogens (primary N) is 2. The third-order valence-corrected chi connectivity index (χ3v) is 0.723. The molecule has 62 valence electrons. The average Bonchev–Trinajstić information content (AvgIpc) is 1.92. The van der Waals surface area contributed by atoms with Crippen LogP contribution < -0.4 is 11.7 Å². The number of rotatable bonds is 3. The Hall–Kier alpha value is -0.810. The first kappa shape index (κ1) is 11.9. The van der Waals surface area contributed by atoms with Gasteiger partial charge in [-0.25, -0.2) is 4.79 Å². The molecule has 0 spiro atoms. The fourth-order valence-electron chi connectivity index (χ4n) is 0.304. The van der Waals surface area contributed by atoms with Gasteiger partial charge in [-0.2, -0.15) is 0 Å². The van der Waals surface area contributed by atoms with Crippen LogP contribution in [0.1, 0.15) is 19.8 Å². The number of ether oxygens (including phenoxy) is 1. The molecule has 5 nitrogen and oxygen atoms in total. The molecule has 0 aliphatic heterocycles. The molecule has 0 heterocycles. The third-order valence-electron chi connectivity index (χ3n) is 0.723. The van der Waals surface area contributed by atoms with Crippen molar-refractivity contribution in [1.82, 2.24) is 0 Å². The topological polar surface area (TPSA) is 98.6 Å². The number of carbonyl (C=O) groups is 1. The van der Waals surface area contributed by atoms with Crippen LogP contribution in [0, 0.1) is 0 Å². The molecule has 0 aromatic rings. The normalized spacial score (nSPS) is 7.50. The molecule has 0 aromatic carbocycles. The van der Waals surface area contributed by atoms with Crippen molar-refractivity contribution in [3.8, 4) is 0 Å². The SMILES string of the molecule is CCCCOC(=O)O.NN. The van der Waals surface area contributed by atoms with Gasteiger partial charge in [0.15, 0.2) is 0 Å². The number of hydrogen-bond acceptors (Lipinski definition) is 4. The Balaban J connectivity index is 0. The molecule has 0 bridgehead atoms. The first-order valence-corrected chi connectivity index (χ1v) is 2.96. The molecule has 0 fully saturated rings. The summed E-state index contributed by atoms with van der Waals surface area (Å²) in [7, 11) is 0. The van der Waals surface area contributed by atoms with Crippen LogP contribution >= 0.6 is 0 Å². The molecule has 0 radical (unpaired) electrons. The van der Waals surface area contributed by atoms with Crippen molar-refractivity contribution in [3.63, 3.8) is 0 Å². The van der Waals surface area contributed by atoms with E-state index in [-0.39, 0.29) is 0 Å². The smallest absolute Gasteiger partial charge is 0.450 e. The minimum atomic E-state index is -1.18. The summed E-state index contributed by atoms with van der Waals surface area (Å²) in [5.74, 6) is 8.00. The summed E-state index contributed by atoms with van der Waals surface area (Å²) in [5, 5.41) is 7.92. The fraction of sp³-hybridized carbons (Fsp3) is 0.800. The Morgan fingerprint density at radius 1 is 1.60 bits per heavy atom. The molecule has 0 aliphatic carbocycles. The van der Waals surface area contributed by atoms with Crippen LogP contribution in [0.3, 0.4) is 0 Å². The second-order valence-corrected chi connectivity index (χ2v) is 1.47. The lowest BCUT2D eigenvalue weighted by Gasteiger charge is -1.94. The molecule has 0 aliphatic rings. The summed E-state index contributed by atoms with van der Waals surface area (Å²) in [6.07, 6.45) is 0.595. The maximum atomic E-state index is 9.65. The van der Waals surface area contributed by atoms with Gasteiger partial charge < -0.3 is 9.84 Å². The van der Waals surface area contributed by atoms with Crippen LogP contribution in [-0.4, -0.2) is 17.9 Å². The Bertz CT molecular complexity index is 77.3. The van der Waals surface area contributed by atoms with E-state index in [4.69, 9.17) is 5.11 Å². The van der Waals surface area contributed by atoms with Gasteiger partial charge in [0.25, 0.3) is 0 Å². The van der Waals surface area contributed by atoms with E-state index >= 15 is 0 Å². The average molecular weight is 150 g/mol. The van der Waals surface area contributed by atoms with E-state index in [0.29, 0.717) is 6.61 Å². The molecule has 0 amide bonds. The van der Waals surface area contributed by atoms with E-state index in [1.54, 1.807) is 0 Å². The zero-order valence-electron chi connectivity index (χ0n) is 6.04. The first-order valence-electron chi connectivity index (χ1n) is 2.96. The van der Waals surface area contributed by atoms with Crippen LogP contribution in [0.5, 0.6) is 0 Å². The van der Waals surface area contributed by atoms with Gasteiger partial charge in [0.2, 0.25) is 0 Å². The monoisotopic (exact) mass is 150 g/mol. The highest BCUT2D eigenvalue weighted by molar-refractivity contribution is 5.56. The van der Waals surface area contributed by atoms with Crippen molar-refractivity contribution >= 4 is 6.16 Å². The molecule has 0 saturated carbocycles. The quantitative estimate of drug-likeness (QED) is 0.232. The minimum absolute atomic E-state index is 0.325. The van der Waals surface area contributed by atoms with Crippen LogP contribution in [0.25, 0.3) is 0 Å². The van der Waals surface area contributed by atoms with Gasteiger partial charge in [-0.3, -0.25) is 11.7 Å². The van der Waals surface area contributed by atoms with E-state index in [1.165, 1.54) is 0 Å². The van der Waals surface area contributed by atoms with Crippen molar-refractivity contribution in [2.24, 2.45) is 11.7 Å². The van der Waals surface area contributed by atoms with Gasteiger partial charge in [0, 0.05) is 0 Å². The van der Waals surface area contributed by atoms with Crippen molar-refractivity contribution in [2.75, 3.05) is 6.61 Å². The van der Waals surface area contributed by atoms with Crippen molar-refractivity contribution in [3.05, 3.63) is 0 Å². The molecule has 0 aromatic heterocycles. The van der Waals surface area contributed by atoms with Crippen LogP contribution in [0.4, 0.5) is 4.79 Å². The lowest BCUT2D eigenvalue weighted by molar-refractivity contribution is 0.0905. The van der Waals surface area contributed by atoms with E-state index < -0.39 is 6.16 Å². The Labute approximate surface area is 59.9 Å². The summed E-state index contributed by atoms with van der Waals surface area (Å²) < 4.78 is 4.20. The Morgan fingerprint density at radius 3 is 2.40 bits per heavy atom. The summed E-state index contributed by atoms with van der Waals surface area (Å²) in [6.45, 7) is 2.30. The number of carboxylic acid groups (broad SMARTS) is 1. The predicted molar refractivity (Wildman–Crippen MR) is 37.3 cm³/mol. The molecule has 5 heteroatoms. The van der Waals surface area contributed by atoms with E-state index in [0.717, 1.165) is 12.8 Å². The fourth-order valence-corrected chi connectivity index (χ4v) is 0.304. The molecule has 5 N–H and O–H groups in total. The van der Waals surface area contributed by atoms with Crippen molar-refractivity contribution < 1.29 is 14.6 Å². The van der Waals surface area contributed by atoms with Crippen LogP contribution in [0.15, 0.2) is 0 Å². The van der Waals surface area contributed by atoms with Gasteiger partial charge >= 0.3 is 6.16 Å². The maximum absolute atomic E-state index is 9.65. The molecule has 0 atom stereocenters. The van der Waals surface area contributed by atoms with Crippen molar-refractivity contribution in [2.45, 2.75) is 19.8 Å². The lowest BCUT2D eigenvalue weighted by atomic mass is 10.4. The van der Waals surface area contributed by atoms with Crippen molar-refractivity contribution in [1.29, 1.82) is 0 Å². The minimum Gasteiger partial charge on any atom is -0.450 e. The van der Waals surface area contributed by atoms with E-state index in [9.17, 15) is 4.79 Å². The van der Waals surface area contributed by atoms with Gasteiger partial charge in [-0.1, -0.05) is 13.3 Å². The first-order chi connectivity index (χ1) is 4.77. The van der Waals surface area contributed by atoms with Crippen LogP contribution in [-0.2, 0) is 4.74 Å². The molecule has 0 saturated heterocycles.